The van der Waals surface area contributed by atoms with Crippen LogP contribution in [0.4, 0.5) is 13.2 Å². The molecule has 0 radical (unpaired) electrons. The van der Waals surface area contributed by atoms with Crippen LogP contribution in [0.5, 0.6) is 11.5 Å². The van der Waals surface area contributed by atoms with Gasteiger partial charge in [0.15, 0.2) is 23.2 Å². The standard InChI is InChI=1S/C31H33F3O3/c1-3-5-18-36-29-17-6-21(19-28(29)32)20-37-25-13-9-23(10-14-25)27-16-15-26(30(33)31(27)34)22-7-11-24(12-8-22)35-4-2/h3,6-8,11-12,15-17,19,23,25H,1,4-5,9-10,13-14,18,20H2,2H3. The molecular formula is C31H33F3O3. The molecule has 1 fully saturated rings. The maximum atomic E-state index is 15.1. The van der Waals surface area contributed by atoms with Crippen molar-refractivity contribution < 1.29 is 27.4 Å². The zero-order chi connectivity index (χ0) is 26.2. The van der Waals surface area contributed by atoms with E-state index in [0.29, 0.717) is 56.0 Å². The number of benzene rings is 3. The van der Waals surface area contributed by atoms with Gasteiger partial charge in [-0.05, 0) is 85.9 Å². The number of halogens is 3. The van der Waals surface area contributed by atoms with E-state index in [9.17, 15) is 4.39 Å². The molecule has 0 spiro atoms. The van der Waals surface area contributed by atoms with Crippen molar-refractivity contribution in [1.82, 2.24) is 0 Å². The third-order valence-corrected chi connectivity index (χ3v) is 6.76. The molecule has 0 atom stereocenters. The zero-order valence-corrected chi connectivity index (χ0v) is 21.2. The Hall–Kier alpha value is -3.25. The van der Waals surface area contributed by atoms with E-state index in [4.69, 9.17) is 14.2 Å². The van der Waals surface area contributed by atoms with Crippen LogP contribution < -0.4 is 9.47 Å². The second kappa shape index (κ2) is 12.8. The second-order valence-corrected chi connectivity index (χ2v) is 9.26. The third-order valence-electron chi connectivity index (χ3n) is 6.76. The summed E-state index contributed by atoms with van der Waals surface area (Å²) in [4.78, 5) is 0. The summed E-state index contributed by atoms with van der Waals surface area (Å²) in [6.07, 6.45) is 5.24. The normalized spacial score (nSPS) is 17.4. The first-order valence-electron chi connectivity index (χ1n) is 12.8. The SMILES string of the molecule is C=CCCOc1ccc(COC2CCC(c3ccc(-c4ccc(OCC)cc4)c(F)c3F)CC2)cc1F. The highest BCUT2D eigenvalue weighted by atomic mass is 19.2. The Morgan fingerprint density at radius 2 is 1.65 bits per heavy atom. The minimum Gasteiger partial charge on any atom is -0.494 e. The van der Waals surface area contributed by atoms with Crippen LogP contribution in [0, 0.1) is 17.5 Å². The summed E-state index contributed by atoms with van der Waals surface area (Å²) in [7, 11) is 0. The smallest absolute Gasteiger partial charge is 0.166 e. The molecule has 0 amide bonds. The first kappa shape index (κ1) is 26.8. The maximum Gasteiger partial charge on any atom is 0.166 e. The predicted octanol–water partition coefficient (Wildman–Crippen LogP) is 8.37. The van der Waals surface area contributed by atoms with Crippen LogP contribution in [-0.2, 0) is 11.3 Å². The van der Waals surface area contributed by atoms with Crippen LogP contribution in [0.15, 0.2) is 67.3 Å². The van der Waals surface area contributed by atoms with Crippen molar-refractivity contribution in [3.05, 3.63) is 95.8 Å². The molecule has 1 aliphatic carbocycles. The molecule has 0 bridgehead atoms. The number of hydrogen-bond donors (Lipinski definition) is 0. The molecule has 0 heterocycles. The van der Waals surface area contributed by atoms with Gasteiger partial charge in [0.2, 0.25) is 0 Å². The topological polar surface area (TPSA) is 27.7 Å². The fraction of sp³-hybridized carbons (Fsp3) is 0.355. The van der Waals surface area contributed by atoms with Crippen LogP contribution in [0.2, 0.25) is 0 Å². The van der Waals surface area contributed by atoms with Gasteiger partial charge in [0.25, 0.3) is 0 Å². The minimum atomic E-state index is -0.820. The molecule has 3 nitrogen and oxygen atoms in total. The van der Waals surface area contributed by atoms with Gasteiger partial charge >= 0.3 is 0 Å². The molecular weight excluding hydrogens is 477 g/mol. The van der Waals surface area contributed by atoms with Gasteiger partial charge in [0.05, 0.1) is 25.9 Å². The fourth-order valence-corrected chi connectivity index (χ4v) is 4.76. The fourth-order valence-electron chi connectivity index (χ4n) is 4.76. The van der Waals surface area contributed by atoms with E-state index in [1.54, 1.807) is 54.6 Å². The van der Waals surface area contributed by atoms with E-state index in [1.165, 1.54) is 6.07 Å². The first-order valence-corrected chi connectivity index (χ1v) is 12.8. The molecule has 196 valence electrons. The Balaban J connectivity index is 1.31. The molecule has 0 aromatic heterocycles. The molecule has 1 saturated carbocycles. The van der Waals surface area contributed by atoms with E-state index in [-0.39, 0.29) is 23.3 Å². The van der Waals surface area contributed by atoms with Crippen molar-refractivity contribution in [1.29, 1.82) is 0 Å². The number of ether oxygens (including phenoxy) is 3. The molecule has 6 heteroatoms. The van der Waals surface area contributed by atoms with E-state index < -0.39 is 17.5 Å². The molecule has 1 aliphatic rings. The van der Waals surface area contributed by atoms with E-state index in [2.05, 4.69) is 6.58 Å². The van der Waals surface area contributed by atoms with Crippen molar-refractivity contribution in [2.45, 2.75) is 57.7 Å². The zero-order valence-electron chi connectivity index (χ0n) is 21.2. The molecule has 0 unspecified atom stereocenters. The second-order valence-electron chi connectivity index (χ2n) is 9.26. The quantitative estimate of drug-likeness (QED) is 0.192. The van der Waals surface area contributed by atoms with E-state index >= 15 is 8.78 Å². The van der Waals surface area contributed by atoms with Gasteiger partial charge in [-0.15, -0.1) is 6.58 Å². The van der Waals surface area contributed by atoms with Gasteiger partial charge < -0.3 is 14.2 Å². The molecule has 3 aromatic carbocycles. The molecule has 0 aliphatic heterocycles. The molecule has 0 saturated heterocycles. The Morgan fingerprint density at radius 3 is 2.32 bits per heavy atom. The van der Waals surface area contributed by atoms with Gasteiger partial charge in [-0.3, -0.25) is 0 Å². The van der Waals surface area contributed by atoms with E-state index in [0.717, 1.165) is 18.4 Å². The van der Waals surface area contributed by atoms with Crippen LogP contribution in [0.25, 0.3) is 11.1 Å². The van der Waals surface area contributed by atoms with Crippen LogP contribution in [0.3, 0.4) is 0 Å². The lowest BCUT2D eigenvalue weighted by atomic mass is 9.82. The van der Waals surface area contributed by atoms with Crippen molar-refractivity contribution >= 4 is 0 Å². The average Bonchev–Trinajstić information content (AvgIpc) is 2.91. The lowest BCUT2D eigenvalue weighted by Gasteiger charge is -2.29. The van der Waals surface area contributed by atoms with Gasteiger partial charge in [0, 0.05) is 5.56 Å². The van der Waals surface area contributed by atoms with Gasteiger partial charge in [-0.2, -0.15) is 0 Å². The Bertz CT molecular complexity index is 1190. The predicted molar refractivity (Wildman–Crippen MR) is 139 cm³/mol. The summed E-state index contributed by atoms with van der Waals surface area (Å²) in [6.45, 7) is 6.73. The molecule has 0 N–H and O–H groups in total. The average molecular weight is 511 g/mol. The summed E-state index contributed by atoms with van der Waals surface area (Å²) < 4.78 is 61.2. The van der Waals surface area contributed by atoms with Crippen LogP contribution in [-0.4, -0.2) is 19.3 Å². The third kappa shape index (κ3) is 6.75. The molecule has 4 rings (SSSR count). The summed E-state index contributed by atoms with van der Waals surface area (Å²) in [5.74, 6) is -1.17. The highest BCUT2D eigenvalue weighted by molar-refractivity contribution is 5.65. The largest absolute Gasteiger partial charge is 0.494 e. The van der Waals surface area contributed by atoms with E-state index in [1.807, 2.05) is 6.92 Å². The van der Waals surface area contributed by atoms with Crippen molar-refractivity contribution in [3.8, 4) is 22.6 Å². The molecule has 37 heavy (non-hydrogen) atoms. The lowest BCUT2D eigenvalue weighted by molar-refractivity contribution is 0.0130. The first-order chi connectivity index (χ1) is 18.0. The highest BCUT2D eigenvalue weighted by Gasteiger charge is 2.27. The Morgan fingerprint density at radius 1 is 0.892 bits per heavy atom. The van der Waals surface area contributed by atoms with Crippen LogP contribution >= 0.6 is 0 Å². The van der Waals surface area contributed by atoms with Crippen molar-refractivity contribution in [3.63, 3.8) is 0 Å². The number of rotatable bonds is 11. The Labute approximate surface area is 216 Å². The van der Waals surface area contributed by atoms with Gasteiger partial charge in [-0.25, -0.2) is 13.2 Å². The van der Waals surface area contributed by atoms with Crippen molar-refractivity contribution in [2.24, 2.45) is 0 Å². The van der Waals surface area contributed by atoms with Crippen molar-refractivity contribution in [2.75, 3.05) is 13.2 Å². The molecule has 3 aromatic rings. The summed E-state index contributed by atoms with van der Waals surface area (Å²) in [5.41, 5.74) is 2.00. The lowest BCUT2D eigenvalue weighted by Crippen LogP contribution is -2.21. The summed E-state index contributed by atoms with van der Waals surface area (Å²) in [6, 6.07) is 15.2. The van der Waals surface area contributed by atoms with Gasteiger partial charge in [-0.1, -0.05) is 36.4 Å². The highest BCUT2D eigenvalue weighted by Crippen LogP contribution is 2.38. The minimum absolute atomic E-state index is 0.00105. The summed E-state index contributed by atoms with van der Waals surface area (Å²) >= 11 is 0. The van der Waals surface area contributed by atoms with Crippen LogP contribution in [0.1, 0.15) is 56.1 Å². The maximum absolute atomic E-state index is 15.1. The van der Waals surface area contributed by atoms with Gasteiger partial charge in [0.1, 0.15) is 5.75 Å². The Kier molecular flexibility index (Phi) is 9.29. The number of hydrogen-bond acceptors (Lipinski definition) is 3. The monoisotopic (exact) mass is 510 g/mol. The summed E-state index contributed by atoms with van der Waals surface area (Å²) in [5, 5.41) is 0.